The molecule has 1 rings (SSSR count). The van der Waals surface area contributed by atoms with Crippen LogP contribution in [0.2, 0.25) is 0 Å². The number of aromatic nitrogens is 1. The van der Waals surface area contributed by atoms with E-state index in [9.17, 15) is 0 Å². The molecule has 1 aromatic rings. The Morgan fingerprint density at radius 2 is 2.19 bits per heavy atom. The Balaban J connectivity index is 2.93. The third-order valence-corrected chi connectivity index (χ3v) is 4.90. The lowest BCUT2D eigenvalue weighted by Crippen LogP contribution is -2.12. The Bertz CT molecular complexity index is 523. The van der Waals surface area contributed by atoms with Gasteiger partial charge in [0, 0.05) is 36.2 Å². The maximum absolute atomic E-state index is 5.95. The molecule has 0 aliphatic heterocycles. The first-order chi connectivity index (χ1) is 10.0. The van der Waals surface area contributed by atoms with Crippen LogP contribution in [0.5, 0.6) is 5.75 Å². The first-order valence-electron chi connectivity index (χ1n) is 7.20. The predicted molar refractivity (Wildman–Crippen MR) is 91.3 cm³/mol. The van der Waals surface area contributed by atoms with Crippen LogP contribution in [0.25, 0.3) is 0 Å². The third kappa shape index (κ3) is 6.55. The highest BCUT2D eigenvalue weighted by atomic mass is 32.5. The predicted octanol–water partition coefficient (Wildman–Crippen LogP) is 3.97. The van der Waals surface area contributed by atoms with Gasteiger partial charge in [0.25, 0.3) is 0 Å². The minimum Gasteiger partial charge on any atom is -0.427 e. The number of nitrogens with zero attached hydrogens (tertiary/aromatic N) is 2. The molecule has 21 heavy (non-hydrogen) atoms. The van der Waals surface area contributed by atoms with E-state index in [0.29, 0.717) is 24.6 Å². The topological polar surface area (TPSA) is 69.7 Å². The van der Waals surface area contributed by atoms with E-state index in [2.05, 4.69) is 16.7 Å². The molecular weight excluding hydrogens is 305 g/mol. The van der Waals surface area contributed by atoms with Gasteiger partial charge in [0.2, 0.25) is 0 Å². The molecule has 1 unspecified atom stereocenters. The number of unbranched alkanes of at least 4 members (excludes halogenated alkanes) is 1. The summed E-state index contributed by atoms with van der Waals surface area (Å²) in [4.78, 5) is 4.04. The van der Waals surface area contributed by atoms with Crippen LogP contribution in [-0.2, 0) is 16.3 Å². The van der Waals surface area contributed by atoms with Crippen molar-refractivity contribution < 1.29 is 9.05 Å². The minimum absolute atomic E-state index is 0.503. The van der Waals surface area contributed by atoms with Crippen molar-refractivity contribution in [3.8, 4) is 5.75 Å². The molecule has 118 valence electrons. The lowest BCUT2D eigenvalue weighted by atomic mass is 10.2. The number of hydrogen-bond donors (Lipinski definition) is 1. The summed E-state index contributed by atoms with van der Waals surface area (Å²) in [6.07, 6.45) is 6.97. The van der Waals surface area contributed by atoms with E-state index >= 15 is 0 Å². The van der Waals surface area contributed by atoms with Crippen molar-refractivity contribution in [2.75, 3.05) is 6.61 Å². The lowest BCUT2D eigenvalue weighted by molar-refractivity contribution is 0.311. The van der Waals surface area contributed by atoms with Crippen molar-refractivity contribution in [2.24, 2.45) is 10.5 Å². The summed E-state index contributed by atoms with van der Waals surface area (Å²) < 4.78 is 16.0. The molecule has 0 aromatic carbocycles. The summed E-state index contributed by atoms with van der Waals surface area (Å²) in [6.45, 7) is 3.72. The number of aryl methyl sites for hydroxylation is 1. The van der Waals surface area contributed by atoms with Gasteiger partial charge in [-0.25, -0.2) is 0 Å². The SMILES string of the molecule is CCCCC(N)=NP(=S)(OCCC)Oc1ccncc1C. The molecule has 2 N–H and O–H groups in total. The van der Waals surface area contributed by atoms with E-state index in [1.807, 2.05) is 13.8 Å². The van der Waals surface area contributed by atoms with Gasteiger partial charge < -0.3 is 14.8 Å². The van der Waals surface area contributed by atoms with Gasteiger partial charge >= 0.3 is 6.64 Å². The highest BCUT2D eigenvalue weighted by Gasteiger charge is 2.21. The average molecular weight is 329 g/mol. The second kappa shape index (κ2) is 9.13. The van der Waals surface area contributed by atoms with Crippen molar-refractivity contribution in [3.05, 3.63) is 24.0 Å². The second-order valence-corrected chi connectivity index (χ2v) is 7.69. The van der Waals surface area contributed by atoms with Gasteiger partial charge in [0.05, 0.1) is 6.61 Å². The van der Waals surface area contributed by atoms with Crippen LogP contribution in [0.15, 0.2) is 23.2 Å². The van der Waals surface area contributed by atoms with E-state index in [0.717, 1.165) is 24.8 Å². The Labute approximate surface area is 132 Å². The molecule has 0 bridgehead atoms. The first-order valence-corrected chi connectivity index (χ1v) is 9.79. The van der Waals surface area contributed by atoms with Crippen molar-refractivity contribution in [1.29, 1.82) is 0 Å². The molecular formula is C14H24N3O2PS. The van der Waals surface area contributed by atoms with Gasteiger partial charge in [-0.05, 0) is 25.8 Å². The number of nitrogens with two attached hydrogens (primary N) is 1. The standard InChI is InChI=1S/C14H24N3O2PS/c1-4-6-7-14(15)17-20(21,18-10-5-2)19-13-8-9-16-11-12(13)3/h8-9,11H,4-7,10H2,1-3H3,(H2,15,17,21). The molecule has 0 fully saturated rings. The maximum atomic E-state index is 5.95. The van der Waals surface area contributed by atoms with Crippen LogP contribution in [0.3, 0.4) is 0 Å². The van der Waals surface area contributed by atoms with Crippen LogP contribution in [0.4, 0.5) is 0 Å². The van der Waals surface area contributed by atoms with E-state index in [-0.39, 0.29) is 0 Å². The molecule has 1 aromatic heterocycles. The Kier molecular flexibility index (Phi) is 7.86. The number of amidine groups is 1. The highest BCUT2D eigenvalue weighted by molar-refractivity contribution is 8.09. The zero-order valence-corrected chi connectivity index (χ0v) is 14.6. The van der Waals surface area contributed by atoms with Gasteiger partial charge in [-0.3, -0.25) is 4.98 Å². The van der Waals surface area contributed by atoms with E-state index in [1.54, 1.807) is 18.5 Å². The fourth-order valence-corrected chi connectivity index (χ4v) is 3.75. The van der Waals surface area contributed by atoms with Crippen molar-refractivity contribution >= 4 is 24.3 Å². The smallest absolute Gasteiger partial charge is 0.362 e. The molecule has 0 saturated carbocycles. The summed E-state index contributed by atoms with van der Waals surface area (Å²) in [5.74, 6) is 1.15. The summed E-state index contributed by atoms with van der Waals surface area (Å²) in [5, 5.41) is 0. The Hall–Kier alpha value is -0.970. The molecule has 0 aliphatic rings. The van der Waals surface area contributed by atoms with Gasteiger partial charge in [-0.15, -0.1) is 0 Å². The van der Waals surface area contributed by atoms with Gasteiger partial charge in [0.1, 0.15) is 11.6 Å². The van der Waals surface area contributed by atoms with Crippen LogP contribution >= 0.6 is 6.64 Å². The molecule has 5 nitrogen and oxygen atoms in total. The maximum Gasteiger partial charge on any atom is 0.362 e. The third-order valence-electron chi connectivity index (χ3n) is 2.68. The molecule has 0 amide bonds. The van der Waals surface area contributed by atoms with Gasteiger partial charge in [-0.2, -0.15) is 4.76 Å². The summed E-state index contributed by atoms with van der Waals surface area (Å²) in [6, 6.07) is 1.77. The van der Waals surface area contributed by atoms with E-state index in [4.69, 9.17) is 26.6 Å². The van der Waals surface area contributed by atoms with Crippen molar-refractivity contribution in [3.63, 3.8) is 0 Å². The fourth-order valence-electron chi connectivity index (χ4n) is 1.53. The normalized spacial score (nSPS) is 14.7. The average Bonchev–Trinajstić information content (AvgIpc) is 2.45. The quantitative estimate of drug-likeness (QED) is 0.422. The molecule has 0 saturated heterocycles. The molecule has 0 aliphatic carbocycles. The second-order valence-electron chi connectivity index (χ2n) is 4.73. The minimum atomic E-state index is -2.81. The Morgan fingerprint density at radius 3 is 2.81 bits per heavy atom. The van der Waals surface area contributed by atoms with Crippen LogP contribution < -0.4 is 10.3 Å². The monoisotopic (exact) mass is 329 g/mol. The van der Waals surface area contributed by atoms with Gasteiger partial charge in [-0.1, -0.05) is 20.3 Å². The molecule has 1 atom stereocenters. The molecule has 1 heterocycles. The highest BCUT2D eigenvalue weighted by Crippen LogP contribution is 2.51. The summed E-state index contributed by atoms with van der Waals surface area (Å²) in [7, 11) is 0. The van der Waals surface area contributed by atoms with E-state index < -0.39 is 6.64 Å². The first kappa shape index (κ1) is 18.1. The largest absolute Gasteiger partial charge is 0.427 e. The number of pyridine rings is 1. The van der Waals surface area contributed by atoms with E-state index in [1.165, 1.54) is 0 Å². The molecule has 0 radical (unpaired) electrons. The number of rotatable bonds is 9. The molecule has 0 spiro atoms. The zero-order valence-electron chi connectivity index (χ0n) is 12.9. The Morgan fingerprint density at radius 1 is 1.43 bits per heavy atom. The van der Waals surface area contributed by atoms with Crippen LogP contribution in [0, 0.1) is 6.92 Å². The fraction of sp³-hybridized carbons (Fsp3) is 0.571. The van der Waals surface area contributed by atoms with Crippen LogP contribution in [0.1, 0.15) is 45.1 Å². The van der Waals surface area contributed by atoms with Crippen molar-refractivity contribution in [1.82, 2.24) is 4.98 Å². The van der Waals surface area contributed by atoms with Crippen molar-refractivity contribution in [2.45, 2.75) is 46.5 Å². The van der Waals surface area contributed by atoms with Gasteiger partial charge in [0.15, 0.2) is 0 Å². The van der Waals surface area contributed by atoms with Crippen LogP contribution in [-0.4, -0.2) is 17.4 Å². The summed E-state index contributed by atoms with van der Waals surface area (Å²) >= 11 is 5.51. The molecule has 7 heteroatoms. The summed E-state index contributed by atoms with van der Waals surface area (Å²) in [5.41, 5.74) is 6.85. The number of hydrogen-bond acceptors (Lipinski definition) is 4. The lowest BCUT2D eigenvalue weighted by Gasteiger charge is -2.20. The zero-order chi connectivity index (χ0) is 15.7.